The van der Waals surface area contributed by atoms with Crippen LogP contribution in [-0.2, 0) is 19.4 Å². The molecule has 1 saturated heterocycles. The highest BCUT2D eigenvalue weighted by Crippen LogP contribution is 2.21. The van der Waals surface area contributed by atoms with E-state index in [0.29, 0.717) is 12.0 Å². The molecule has 2 rings (SSSR count). The third-order valence-corrected chi connectivity index (χ3v) is 6.01. The number of benzene rings is 1. The number of hydrogen-bond acceptors (Lipinski definition) is 5. The summed E-state index contributed by atoms with van der Waals surface area (Å²) in [5.41, 5.74) is 5.92. The summed E-state index contributed by atoms with van der Waals surface area (Å²) < 4.78 is 22.7. The Bertz CT molecular complexity index is 791. The van der Waals surface area contributed by atoms with E-state index in [2.05, 4.69) is 16.2 Å². The van der Waals surface area contributed by atoms with Crippen molar-refractivity contribution >= 4 is 27.6 Å². The standard InChI is InChI=1S/C17H23N3O5S/c1-12-4-2-3-5-14(12)17(23)18-8-6-15(21)19-20-16(22)10-13-7-9-26(24,25)11-13/h2-5,13H,6-11H2,1H3,(H,18,23)(H,19,21)(H,20,22)/t13-/m1/s1. The first-order valence-corrected chi connectivity index (χ1v) is 10.2. The molecule has 0 radical (unpaired) electrons. The number of hydrazine groups is 1. The van der Waals surface area contributed by atoms with Crippen LogP contribution in [0.25, 0.3) is 0 Å². The van der Waals surface area contributed by atoms with Crippen LogP contribution in [0.15, 0.2) is 24.3 Å². The van der Waals surface area contributed by atoms with Gasteiger partial charge in [0.05, 0.1) is 11.5 Å². The number of nitrogens with one attached hydrogen (secondary N) is 3. The molecule has 1 fully saturated rings. The van der Waals surface area contributed by atoms with Crippen LogP contribution in [0.5, 0.6) is 0 Å². The fraction of sp³-hybridized carbons (Fsp3) is 0.471. The SMILES string of the molecule is Cc1ccccc1C(=O)NCCC(=O)NNC(=O)C[C@H]1CCS(=O)(=O)C1. The number of carbonyl (C=O) groups excluding carboxylic acids is 3. The number of rotatable bonds is 6. The van der Waals surface area contributed by atoms with Crippen molar-refractivity contribution in [3.63, 3.8) is 0 Å². The lowest BCUT2D eigenvalue weighted by molar-refractivity contribution is -0.129. The number of amides is 3. The van der Waals surface area contributed by atoms with Crippen LogP contribution in [0.3, 0.4) is 0 Å². The van der Waals surface area contributed by atoms with Crippen molar-refractivity contribution in [2.75, 3.05) is 18.1 Å². The average molecular weight is 381 g/mol. The van der Waals surface area contributed by atoms with Crippen LogP contribution in [0.1, 0.15) is 35.2 Å². The molecule has 1 aliphatic heterocycles. The molecule has 3 N–H and O–H groups in total. The van der Waals surface area contributed by atoms with Crippen molar-refractivity contribution in [3.05, 3.63) is 35.4 Å². The number of aryl methyl sites for hydroxylation is 1. The van der Waals surface area contributed by atoms with Crippen molar-refractivity contribution in [1.82, 2.24) is 16.2 Å². The summed E-state index contributed by atoms with van der Waals surface area (Å²) in [6.07, 6.45) is 0.536. The van der Waals surface area contributed by atoms with Crippen molar-refractivity contribution < 1.29 is 22.8 Å². The van der Waals surface area contributed by atoms with Gasteiger partial charge in [0, 0.05) is 24.9 Å². The molecular formula is C17H23N3O5S. The van der Waals surface area contributed by atoms with Gasteiger partial charge in [-0.05, 0) is 30.9 Å². The molecule has 1 heterocycles. The largest absolute Gasteiger partial charge is 0.352 e. The zero-order valence-electron chi connectivity index (χ0n) is 14.6. The molecule has 8 nitrogen and oxygen atoms in total. The lowest BCUT2D eigenvalue weighted by atomic mass is 10.1. The topological polar surface area (TPSA) is 121 Å². The Morgan fingerprint density at radius 1 is 1.12 bits per heavy atom. The third kappa shape index (κ3) is 6.14. The summed E-state index contributed by atoms with van der Waals surface area (Å²) in [4.78, 5) is 35.4. The first-order chi connectivity index (χ1) is 12.3. The van der Waals surface area contributed by atoms with Gasteiger partial charge in [0.1, 0.15) is 0 Å². The lowest BCUT2D eigenvalue weighted by Crippen LogP contribution is -2.43. The second kappa shape index (κ2) is 8.79. The van der Waals surface area contributed by atoms with Gasteiger partial charge in [0.2, 0.25) is 11.8 Å². The van der Waals surface area contributed by atoms with Gasteiger partial charge >= 0.3 is 0 Å². The van der Waals surface area contributed by atoms with Crippen LogP contribution >= 0.6 is 0 Å². The minimum atomic E-state index is -3.03. The summed E-state index contributed by atoms with van der Waals surface area (Å²) in [6.45, 7) is 1.96. The Hall–Kier alpha value is -2.42. The summed E-state index contributed by atoms with van der Waals surface area (Å²) in [5, 5.41) is 2.65. The fourth-order valence-corrected chi connectivity index (χ4v) is 4.62. The molecule has 1 aromatic carbocycles. The third-order valence-electron chi connectivity index (χ3n) is 4.17. The molecule has 0 aromatic heterocycles. The van der Waals surface area contributed by atoms with E-state index in [1.54, 1.807) is 12.1 Å². The van der Waals surface area contributed by atoms with Gasteiger partial charge in [-0.25, -0.2) is 8.42 Å². The minimum Gasteiger partial charge on any atom is -0.352 e. The summed E-state index contributed by atoms with van der Waals surface area (Å²) in [5.74, 6) is -1.21. The second-order valence-corrected chi connectivity index (χ2v) is 8.62. The number of sulfone groups is 1. The van der Waals surface area contributed by atoms with Crippen molar-refractivity contribution in [3.8, 4) is 0 Å². The van der Waals surface area contributed by atoms with Crippen LogP contribution < -0.4 is 16.2 Å². The van der Waals surface area contributed by atoms with E-state index in [1.807, 2.05) is 19.1 Å². The Balaban J connectivity index is 1.64. The van der Waals surface area contributed by atoms with Crippen LogP contribution in [0.4, 0.5) is 0 Å². The fourth-order valence-electron chi connectivity index (χ4n) is 2.76. The van der Waals surface area contributed by atoms with Gasteiger partial charge in [-0.2, -0.15) is 0 Å². The zero-order chi connectivity index (χ0) is 19.2. The number of carbonyl (C=O) groups is 3. The molecule has 0 saturated carbocycles. The molecule has 0 aliphatic carbocycles. The quantitative estimate of drug-likeness (QED) is 0.603. The Kier molecular flexibility index (Phi) is 6.73. The van der Waals surface area contributed by atoms with E-state index in [4.69, 9.17) is 0 Å². The van der Waals surface area contributed by atoms with E-state index >= 15 is 0 Å². The van der Waals surface area contributed by atoms with Crippen LogP contribution in [-0.4, -0.2) is 44.2 Å². The maximum absolute atomic E-state index is 12.0. The molecule has 3 amide bonds. The Morgan fingerprint density at radius 3 is 2.46 bits per heavy atom. The normalized spacial score (nSPS) is 18.1. The second-order valence-electron chi connectivity index (χ2n) is 6.39. The Labute approximate surface area is 152 Å². The highest BCUT2D eigenvalue weighted by Gasteiger charge is 2.29. The molecule has 0 unspecified atom stereocenters. The van der Waals surface area contributed by atoms with E-state index < -0.39 is 21.7 Å². The van der Waals surface area contributed by atoms with Gasteiger partial charge in [-0.15, -0.1) is 0 Å². The lowest BCUT2D eigenvalue weighted by Gasteiger charge is -2.10. The van der Waals surface area contributed by atoms with Gasteiger partial charge in [0.25, 0.3) is 5.91 Å². The first-order valence-electron chi connectivity index (χ1n) is 8.39. The predicted molar refractivity (Wildman–Crippen MR) is 95.8 cm³/mol. The molecule has 26 heavy (non-hydrogen) atoms. The van der Waals surface area contributed by atoms with E-state index in [1.165, 1.54) is 0 Å². The monoisotopic (exact) mass is 381 g/mol. The van der Waals surface area contributed by atoms with Crippen molar-refractivity contribution in [2.45, 2.75) is 26.2 Å². The summed E-state index contributed by atoms with van der Waals surface area (Å²) in [6, 6.07) is 7.13. The van der Waals surface area contributed by atoms with Gasteiger partial charge in [0.15, 0.2) is 9.84 Å². The molecule has 9 heteroatoms. The predicted octanol–water partition coefficient (Wildman–Crippen LogP) is 0.0871. The van der Waals surface area contributed by atoms with Crippen molar-refractivity contribution in [1.29, 1.82) is 0 Å². The first kappa shape index (κ1) is 19.9. The summed E-state index contributed by atoms with van der Waals surface area (Å²) >= 11 is 0. The molecule has 0 spiro atoms. The molecule has 1 aliphatic rings. The van der Waals surface area contributed by atoms with Gasteiger partial charge in [-0.3, -0.25) is 25.2 Å². The maximum atomic E-state index is 12.0. The molecule has 1 atom stereocenters. The van der Waals surface area contributed by atoms with Gasteiger partial charge < -0.3 is 5.32 Å². The smallest absolute Gasteiger partial charge is 0.251 e. The van der Waals surface area contributed by atoms with E-state index in [-0.39, 0.29) is 42.7 Å². The maximum Gasteiger partial charge on any atom is 0.251 e. The Morgan fingerprint density at radius 2 is 1.81 bits per heavy atom. The van der Waals surface area contributed by atoms with Crippen LogP contribution in [0, 0.1) is 12.8 Å². The van der Waals surface area contributed by atoms with Crippen molar-refractivity contribution in [2.24, 2.45) is 5.92 Å². The van der Waals surface area contributed by atoms with Crippen LogP contribution in [0.2, 0.25) is 0 Å². The van der Waals surface area contributed by atoms with Gasteiger partial charge in [-0.1, -0.05) is 18.2 Å². The summed E-state index contributed by atoms with van der Waals surface area (Å²) in [7, 11) is -3.03. The minimum absolute atomic E-state index is 0.00963. The molecule has 0 bridgehead atoms. The highest BCUT2D eigenvalue weighted by atomic mass is 32.2. The molecule has 1 aromatic rings. The van der Waals surface area contributed by atoms with E-state index in [9.17, 15) is 22.8 Å². The molecule has 142 valence electrons. The zero-order valence-corrected chi connectivity index (χ0v) is 15.4. The highest BCUT2D eigenvalue weighted by molar-refractivity contribution is 7.91. The number of hydrogen-bond donors (Lipinski definition) is 3. The molecular weight excluding hydrogens is 358 g/mol. The average Bonchev–Trinajstić information content (AvgIpc) is 2.91. The van der Waals surface area contributed by atoms with E-state index in [0.717, 1.165) is 5.56 Å².